The normalized spacial score (nSPS) is 11.0. The fraction of sp³-hybridized carbons (Fsp3) is 0.105. The topological polar surface area (TPSA) is 31.2 Å². The van der Waals surface area contributed by atoms with Gasteiger partial charge in [0.2, 0.25) is 0 Å². The Bertz CT molecular complexity index is 1110. The second-order valence-electron chi connectivity index (χ2n) is 5.85. The van der Waals surface area contributed by atoms with E-state index in [9.17, 15) is 13.6 Å². The standard InChI is InChI=1S/C19H11Br2Cl2F2NO2/c1-9-4-16(28-8-10-2-3-12(24)7-15(10)25)17(21)19(27)26(9)18-13(22)5-11(20)6-14(18)23/h2-7H,8H2,1H3. The zero-order valence-electron chi connectivity index (χ0n) is 14.2. The molecule has 0 saturated carbocycles. The Morgan fingerprint density at radius 3 is 2.32 bits per heavy atom. The van der Waals surface area contributed by atoms with Crippen LogP contribution in [0.3, 0.4) is 0 Å². The molecule has 2 aromatic carbocycles. The summed E-state index contributed by atoms with van der Waals surface area (Å²) in [6.07, 6.45) is 0. The molecule has 0 amide bonds. The van der Waals surface area contributed by atoms with Crippen molar-refractivity contribution in [1.29, 1.82) is 0 Å². The highest BCUT2D eigenvalue weighted by Gasteiger charge is 2.18. The van der Waals surface area contributed by atoms with Crippen molar-refractivity contribution in [2.45, 2.75) is 13.5 Å². The van der Waals surface area contributed by atoms with Crippen molar-refractivity contribution in [3.8, 4) is 11.4 Å². The van der Waals surface area contributed by atoms with Crippen molar-refractivity contribution in [3.05, 3.63) is 88.6 Å². The second-order valence-corrected chi connectivity index (χ2v) is 8.37. The highest BCUT2D eigenvalue weighted by Crippen LogP contribution is 2.34. The maximum atomic E-state index is 13.8. The summed E-state index contributed by atoms with van der Waals surface area (Å²) in [5.41, 5.74) is 0.564. The molecule has 0 aliphatic heterocycles. The number of aromatic nitrogens is 1. The molecule has 0 aliphatic rings. The average molecular weight is 554 g/mol. The maximum Gasteiger partial charge on any atom is 0.273 e. The molecule has 0 bridgehead atoms. The lowest BCUT2D eigenvalue weighted by Crippen LogP contribution is -2.22. The summed E-state index contributed by atoms with van der Waals surface area (Å²) < 4.78 is 34.5. The summed E-state index contributed by atoms with van der Waals surface area (Å²) in [5.74, 6) is -1.19. The zero-order valence-corrected chi connectivity index (χ0v) is 18.9. The number of hydrogen-bond acceptors (Lipinski definition) is 2. The third-order valence-corrected chi connectivity index (χ3v) is 5.67. The molecule has 3 aromatic rings. The minimum atomic E-state index is -0.727. The SMILES string of the molecule is Cc1cc(OCc2ccc(F)cc2F)c(Br)c(=O)n1-c1c(Cl)cc(Br)cc1Cl. The summed E-state index contributed by atoms with van der Waals surface area (Å²) >= 11 is 19.1. The molecule has 3 nitrogen and oxygen atoms in total. The van der Waals surface area contributed by atoms with E-state index in [1.807, 2.05) is 0 Å². The molecule has 146 valence electrons. The van der Waals surface area contributed by atoms with E-state index < -0.39 is 17.2 Å². The van der Waals surface area contributed by atoms with E-state index in [-0.39, 0.29) is 22.4 Å². The Hall–Kier alpha value is -1.41. The van der Waals surface area contributed by atoms with Crippen LogP contribution in [0.5, 0.6) is 5.75 Å². The first-order valence-corrected chi connectivity index (χ1v) is 10.2. The predicted molar refractivity (Wildman–Crippen MR) is 113 cm³/mol. The van der Waals surface area contributed by atoms with Crippen LogP contribution in [0.25, 0.3) is 5.69 Å². The van der Waals surface area contributed by atoms with Gasteiger partial charge in [-0.1, -0.05) is 39.1 Å². The van der Waals surface area contributed by atoms with E-state index in [1.165, 1.54) is 10.6 Å². The number of nitrogens with zero attached hydrogens (tertiary/aromatic N) is 1. The Morgan fingerprint density at radius 1 is 1.07 bits per heavy atom. The van der Waals surface area contributed by atoms with E-state index in [2.05, 4.69) is 31.9 Å². The van der Waals surface area contributed by atoms with Gasteiger partial charge in [-0.3, -0.25) is 9.36 Å². The molecule has 3 rings (SSSR count). The Kier molecular flexibility index (Phi) is 6.49. The molecule has 0 aliphatic carbocycles. The molecular formula is C19H11Br2Cl2F2NO2. The molecule has 0 spiro atoms. The summed E-state index contributed by atoms with van der Waals surface area (Å²) in [6, 6.07) is 8.05. The zero-order chi connectivity index (χ0) is 20.6. The fourth-order valence-corrected chi connectivity index (χ4v) is 4.39. The largest absolute Gasteiger partial charge is 0.487 e. The van der Waals surface area contributed by atoms with Crippen LogP contribution in [0.2, 0.25) is 10.0 Å². The molecule has 0 N–H and O–H groups in total. The van der Waals surface area contributed by atoms with E-state index >= 15 is 0 Å². The van der Waals surface area contributed by atoms with Crippen LogP contribution >= 0.6 is 55.1 Å². The van der Waals surface area contributed by atoms with Crippen molar-refractivity contribution in [3.63, 3.8) is 0 Å². The summed E-state index contributed by atoms with van der Waals surface area (Å²) in [4.78, 5) is 12.9. The van der Waals surface area contributed by atoms with Crippen LogP contribution in [0.15, 0.2) is 50.1 Å². The Morgan fingerprint density at radius 2 is 1.71 bits per heavy atom. The summed E-state index contributed by atoms with van der Waals surface area (Å²) in [5, 5.41) is 0.581. The van der Waals surface area contributed by atoms with Crippen LogP contribution in [0.1, 0.15) is 11.3 Å². The molecule has 0 radical (unpaired) electrons. The molecule has 9 heteroatoms. The molecule has 0 fully saturated rings. The average Bonchev–Trinajstić information content (AvgIpc) is 2.60. The van der Waals surface area contributed by atoms with Gasteiger partial charge in [0.15, 0.2) is 0 Å². The maximum absolute atomic E-state index is 13.8. The number of aryl methyl sites for hydroxylation is 1. The van der Waals surface area contributed by atoms with Gasteiger partial charge in [-0.05, 0) is 47.1 Å². The third-order valence-electron chi connectivity index (χ3n) is 3.90. The monoisotopic (exact) mass is 551 g/mol. The molecule has 28 heavy (non-hydrogen) atoms. The lowest BCUT2D eigenvalue weighted by molar-refractivity contribution is 0.296. The van der Waals surface area contributed by atoms with E-state index in [1.54, 1.807) is 25.1 Å². The van der Waals surface area contributed by atoms with Crippen molar-refractivity contribution in [1.82, 2.24) is 4.57 Å². The highest BCUT2D eigenvalue weighted by molar-refractivity contribution is 9.10. The summed E-state index contributed by atoms with van der Waals surface area (Å²) in [7, 11) is 0. The Balaban J connectivity index is 2.01. The highest BCUT2D eigenvalue weighted by atomic mass is 79.9. The number of pyridine rings is 1. The quantitative estimate of drug-likeness (QED) is 0.354. The van der Waals surface area contributed by atoms with Gasteiger partial charge in [-0.15, -0.1) is 0 Å². The van der Waals surface area contributed by atoms with Crippen LogP contribution in [0.4, 0.5) is 8.78 Å². The molecule has 0 saturated heterocycles. The fourth-order valence-electron chi connectivity index (χ4n) is 2.61. The van der Waals surface area contributed by atoms with E-state index in [0.717, 1.165) is 12.1 Å². The molecule has 1 aromatic heterocycles. The first-order valence-electron chi connectivity index (χ1n) is 7.83. The van der Waals surface area contributed by atoms with Crippen molar-refractivity contribution < 1.29 is 13.5 Å². The third kappa shape index (κ3) is 4.27. The summed E-state index contributed by atoms with van der Waals surface area (Å²) in [6.45, 7) is 1.52. The van der Waals surface area contributed by atoms with Gasteiger partial charge >= 0.3 is 0 Å². The molecular weight excluding hydrogens is 543 g/mol. The lowest BCUT2D eigenvalue weighted by atomic mass is 10.2. The number of rotatable bonds is 4. The van der Waals surface area contributed by atoms with Crippen molar-refractivity contribution in [2.75, 3.05) is 0 Å². The van der Waals surface area contributed by atoms with Gasteiger partial charge in [0, 0.05) is 27.9 Å². The lowest BCUT2D eigenvalue weighted by Gasteiger charge is -2.17. The number of ether oxygens (including phenoxy) is 1. The predicted octanol–water partition coefficient (Wildman–Crippen LogP) is 6.83. The van der Waals surface area contributed by atoms with Crippen LogP contribution in [-0.2, 0) is 6.61 Å². The number of hydrogen-bond donors (Lipinski definition) is 0. The molecule has 0 atom stereocenters. The van der Waals surface area contributed by atoms with Gasteiger partial charge in [0.25, 0.3) is 5.56 Å². The van der Waals surface area contributed by atoms with Crippen LogP contribution < -0.4 is 10.3 Å². The smallest absolute Gasteiger partial charge is 0.273 e. The van der Waals surface area contributed by atoms with Crippen LogP contribution in [-0.4, -0.2) is 4.57 Å². The minimum absolute atomic E-state index is 0.121. The Labute approximate surface area is 186 Å². The first kappa shape index (κ1) is 21.3. The second kappa shape index (κ2) is 8.53. The van der Waals surface area contributed by atoms with Gasteiger partial charge in [0.1, 0.15) is 28.5 Å². The van der Waals surface area contributed by atoms with Gasteiger partial charge < -0.3 is 4.74 Å². The molecule has 1 heterocycles. The van der Waals surface area contributed by atoms with Gasteiger partial charge in [-0.25, -0.2) is 8.78 Å². The number of halogens is 6. The van der Waals surface area contributed by atoms with E-state index in [0.29, 0.717) is 25.9 Å². The first-order chi connectivity index (χ1) is 13.2. The van der Waals surface area contributed by atoms with Crippen LogP contribution in [0, 0.1) is 18.6 Å². The van der Waals surface area contributed by atoms with Gasteiger partial charge in [0.05, 0.1) is 15.7 Å². The minimum Gasteiger partial charge on any atom is -0.487 e. The van der Waals surface area contributed by atoms with Crippen molar-refractivity contribution in [2.24, 2.45) is 0 Å². The van der Waals surface area contributed by atoms with Crippen molar-refractivity contribution >= 4 is 55.1 Å². The number of benzene rings is 2. The van der Waals surface area contributed by atoms with Gasteiger partial charge in [-0.2, -0.15) is 0 Å². The molecule has 0 unspecified atom stereocenters. The van der Waals surface area contributed by atoms with E-state index in [4.69, 9.17) is 27.9 Å².